The molecular weight excluding hydrogens is 302 g/mol. The molecule has 0 radical (unpaired) electrons. The van der Waals surface area contributed by atoms with Crippen molar-refractivity contribution in [2.24, 2.45) is 0 Å². The van der Waals surface area contributed by atoms with E-state index in [1.54, 1.807) is 12.1 Å². The second-order valence-electron chi connectivity index (χ2n) is 3.69. The van der Waals surface area contributed by atoms with Crippen molar-refractivity contribution < 1.29 is 4.74 Å². The van der Waals surface area contributed by atoms with Gasteiger partial charge in [-0.25, -0.2) is 0 Å². The zero-order valence-corrected chi connectivity index (χ0v) is 11.5. The van der Waals surface area contributed by atoms with E-state index < -0.39 is 0 Å². The number of anilines is 1. The van der Waals surface area contributed by atoms with Gasteiger partial charge in [-0.05, 0) is 42.8 Å². The fourth-order valence-corrected chi connectivity index (χ4v) is 1.96. The molecule has 0 bridgehead atoms. The highest BCUT2D eigenvalue weighted by atomic mass is 79.9. The fourth-order valence-electron chi connectivity index (χ4n) is 1.41. The van der Waals surface area contributed by atoms with E-state index in [1.165, 1.54) is 0 Å². The van der Waals surface area contributed by atoms with Crippen LogP contribution in [0.4, 0.5) is 5.69 Å². The first-order valence-corrected chi connectivity index (χ1v) is 6.22. The molecule has 0 fully saturated rings. The maximum Gasteiger partial charge on any atom is 0.150 e. The molecule has 2 aromatic carbocycles. The molecule has 0 aliphatic carbocycles. The summed E-state index contributed by atoms with van der Waals surface area (Å²) < 4.78 is 6.67. The van der Waals surface area contributed by atoms with Gasteiger partial charge in [-0.1, -0.05) is 33.6 Å². The second kappa shape index (κ2) is 4.98. The van der Waals surface area contributed by atoms with E-state index in [4.69, 9.17) is 22.1 Å². The molecule has 0 heterocycles. The van der Waals surface area contributed by atoms with Crippen molar-refractivity contribution in [3.63, 3.8) is 0 Å². The van der Waals surface area contributed by atoms with Crippen LogP contribution in [-0.2, 0) is 0 Å². The van der Waals surface area contributed by atoms with Crippen LogP contribution in [0.25, 0.3) is 0 Å². The quantitative estimate of drug-likeness (QED) is 0.810. The van der Waals surface area contributed by atoms with Gasteiger partial charge in [-0.15, -0.1) is 0 Å². The van der Waals surface area contributed by atoms with Crippen LogP contribution >= 0.6 is 27.5 Å². The number of rotatable bonds is 2. The van der Waals surface area contributed by atoms with Gasteiger partial charge in [0.2, 0.25) is 0 Å². The van der Waals surface area contributed by atoms with Gasteiger partial charge in [0, 0.05) is 9.50 Å². The first-order chi connectivity index (χ1) is 8.06. The van der Waals surface area contributed by atoms with E-state index >= 15 is 0 Å². The highest BCUT2D eigenvalue weighted by molar-refractivity contribution is 9.10. The van der Waals surface area contributed by atoms with Gasteiger partial charge in [0.05, 0.1) is 5.69 Å². The third kappa shape index (κ3) is 2.93. The molecule has 0 unspecified atom stereocenters. The molecule has 2 N–H and O–H groups in total. The third-order valence-corrected chi connectivity index (χ3v) is 3.07. The maximum absolute atomic E-state index is 5.93. The topological polar surface area (TPSA) is 35.2 Å². The Morgan fingerprint density at radius 1 is 1.12 bits per heavy atom. The number of aryl methyl sites for hydroxylation is 1. The summed E-state index contributed by atoms with van der Waals surface area (Å²) in [6.45, 7) is 1.96. The van der Waals surface area contributed by atoms with Crippen LogP contribution in [0.5, 0.6) is 11.5 Å². The predicted octanol–water partition coefficient (Wildman–Crippen LogP) is 4.79. The summed E-state index contributed by atoms with van der Waals surface area (Å²) in [4.78, 5) is 0. The highest BCUT2D eigenvalue weighted by Gasteiger charge is 2.05. The zero-order valence-electron chi connectivity index (χ0n) is 9.21. The Labute approximate surface area is 113 Å². The van der Waals surface area contributed by atoms with Crippen LogP contribution in [0.15, 0.2) is 40.9 Å². The van der Waals surface area contributed by atoms with Gasteiger partial charge >= 0.3 is 0 Å². The molecule has 2 nitrogen and oxygen atoms in total. The lowest BCUT2D eigenvalue weighted by Crippen LogP contribution is -1.93. The molecule has 2 rings (SSSR count). The van der Waals surface area contributed by atoms with Crippen molar-refractivity contribution >= 4 is 33.2 Å². The van der Waals surface area contributed by atoms with Gasteiger partial charge in [-0.3, -0.25) is 0 Å². The van der Waals surface area contributed by atoms with Gasteiger partial charge in [-0.2, -0.15) is 0 Å². The van der Waals surface area contributed by atoms with Crippen LogP contribution in [-0.4, -0.2) is 0 Å². The lowest BCUT2D eigenvalue weighted by Gasteiger charge is -2.11. The summed E-state index contributed by atoms with van der Waals surface area (Å²) in [5.41, 5.74) is 7.46. The molecule has 0 aliphatic heterocycles. The first kappa shape index (κ1) is 12.3. The minimum Gasteiger partial charge on any atom is -0.455 e. The molecule has 88 valence electrons. The predicted molar refractivity (Wildman–Crippen MR) is 74.8 cm³/mol. The Morgan fingerprint density at radius 2 is 1.88 bits per heavy atom. The number of nitrogen functional groups attached to an aromatic ring is 1. The van der Waals surface area contributed by atoms with Gasteiger partial charge in [0.25, 0.3) is 0 Å². The van der Waals surface area contributed by atoms with E-state index in [-0.39, 0.29) is 0 Å². The molecule has 4 heteroatoms. The molecule has 0 saturated heterocycles. The number of benzene rings is 2. The minimum atomic E-state index is 0.582. The van der Waals surface area contributed by atoms with Gasteiger partial charge in [0.15, 0.2) is 0 Å². The van der Waals surface area contributed by atoms with Crippen molar-refractivity contribution in [1.29, 1.82) is 0 Å². The Balaban J connectivity index is 2.34. The minimum absolute atomic E-state index is 0.582. The third-order valence-electron chi connectivity index (χ3n) is 2.34. The number of hydrogen-bond acceptors (Lipinski definition) is 2. The molecule has 0 aromatic heterocycles. The summed E-state index contributed by atoms with van der Waals surface area (Å²) >= 11 is 9.28. The van der Waals surface area contributed by atoms with Crippen molar-refractivity contribution in [2.45, 2.75) is 6.92 Å². The van der Waals surface area contributed by atoms with E-state index in [9.17, 15) is 0 Å². The van der Waals surface area contributed by atoms with Gasteiger partial charge < -0.3 is 10.5 Å². The number of halogens is 2. The summed E-state index contributed by atoms with van der Waals surface area (Å²) in [6.07, 6.45) is 0. The molecule has 0 amide bonds. The van der Waals surface area contributed by atoms with Gasteiger partial charge in [0.1, 0.15) is 11.5 Å². The maximum atomic E-state index is 5.93. The van der Waals surface area contributed by atoms with Crippen LogP contribution in [0.2, 0.25) is 5.02 Å². The molecular formula is C13H11BrClNO. The van der Waals surface area contributed by atoms with Crippen LogP contribution in [0.1, 0.15) is 5.56 Å². The lowest BCUT2D eigenvalue weighted by molar-refractivity contribution is 0.481. The average Bonchev–Trinajstić information content (AvgIpc) is 2.27. The SMILES string of the molecule is Cc1ccc(Cl)cc1Oc1ccc(Br)cc1N. The number of ether oxygens (including phenoxy) is 1. The first-order valence-electron chi connectivity index (χ1n) is 5.05. The molecule has 0 aliphatic rings. The summed E-state index contributed by atoms with van der Waals surface area (Å²) in [5.74, 6) is 1.34. The normalized spacial score (nSPS) is 10.3. The number of nitrogens with two attached hydrogens (primary N) is 1. The molecule has 0 spiro atoms. The second-order valence-corrected chi connectivity index (χ2v) is 5.05. The lowest BCUT2D eigenvalue weighted by atomic mass is 10.2. The Hall–Kier alpha value is -1.19. The Kier molecular flexibility index (Phi) is 3.60. The van der Waals surface area contributed by atoms with E-state index in [1.807, 2.05) is 31.2 Å². The van der Waals surface area contributed by atoms with Crippen molar-refractivity contribution in [3.8, 4) is 11.5 Å². The monoisotopic (exact) mass is 311 g/mol. The summed E-state index contributed by atoms with van der Waals surface area (Å²) in [6, 6.07) is 11.0. The Morgan fingerprint density at radius 3 is 2.59 bits per heavy atom. The van der Waals surface area contributed by atoms with Crippen molar-refractivity contribution in [1.82, 2.24) is 0 Å². The van der Waals surface area contributed by atoms with Crippen LogP contribution in [0.3, 0.4) is 0 Å². The van der Waals surface area contributed by atoms with Crippen LogP contribution < -0.4 is 10.5 Å². The van der Waals surface area contributed by atoms with Crippen molar-refractivity contribution in [3.05, 3.63) is 51.5 Å². The fraction of sp³-hybridized carbons (Fsp3) is 0.0769. The Bertz CT molecular complexity index is 557. The number of hydrogen-bond donors (Lipinski definition) is 1. The average molecular weight is 313 g/mol. The smallest absolute Gasteiger partial charge is 0.150 e. The molecule has 0 saturated carbocycles. The summed E-state index contributed by atoms with van der Waals surface area (Å²) in [5, 5.41) is 0.640. The van der Waals surface area contributed by atoms with Crippen LogP contribution in [0, 0.1) is 6.92 Å². The van der Waals surface area contributed by atoms with E-state index in [0.29, 0.717) is 22.2 Å². The zero-order chi connectivity index (χ0) is 12.4. The van der Waals surface area contributed by atoms with Crippen molar-refractivity contribution in [2.75, 3.05) is 5.73 Å². The highest BCUT2D eigenvalue weighted by Crippen LogP contribution is 2.32. The standard InChI is InChI=1S/C13H11BrClNO/c1-8-2-4-10(15)7-13(8)17-12-5-3-9(14)6-11(12)16/h2-7H,16H2,1H3. The molecule has 0 atom stereocenters. The van der Waals surface area contributed by atoms with E-state index in [0.717, 1.165) is 10.0 Å². The van der Waals surface area contributed by atoms with E-state index in [2.05, 4.69) is 15.9 Å². The molecule has 17 heavy (non-hydrogen) atoms. The molecule has 2 aromatic rings. The largest absolute Gasteiger partial charge is 0.455 e. The summed E-state index contributed by atoms with van der Waals surface area (Å²) in [7, 11) is 0.